The van der Waals surface area contributed by atoms with Gasteiger partial charge in [-0.1, -0.05) is 44.3 Å². The van der Waals surface area contributed by atoms with Crippen LogP contribution >= 0.6 is 0 Å². The van der Waals surface area contributed by atoms with Gasteiger partial charge in [-0.2, -0.15) is 0 Å². The molecule has 0 bridgehead atoms. The molecule has 0 aromatic heterocycles. The molecule has 106 valence electrons. The third-order valence-electron chi connectivity index (χ3n) is 4.09. The molecule has 2 atom stereocenters. The zero-order valence-electron chi connectivity index (χ0n) is 11.4. The number of aliphatic hydroxyl groups is 1. The molecule has 0 spiro atoms. The monoisotopic (exact) mass is 264 g/mol. The van der Waals surface area contributed by atoms with Crippen molar-refractivity contribution in [3.05, 3.63) is 24.4 Å². The molecule has 1 heterocycles. The molecule has 1 aliphatic heterocycles. The van der Waals surface area contributed by atoms with Gasteiger partial charge < -0.3 is 15.7 Å². The van der Waals surface area contributed by atoms with E-state index in [0.29, 0.717) is 12.5 Å². The average molecular weight is 264 g/mol. The fourth-order valence-electron chi connectivity index (χ4n) is 2.92. The van der Waals surface area contributed by atoms with Gasteiger partial charge in [0.05, 0.1) is 0 Å². The van der Waals surface area contributed by atoms with Crippen molar-refractivity contribution in [1.82, 2.24) is 4.90 Å². The summed E-state index contributed by atoms with van der Waals surface area (Å²) in [7, 11) is 0. The number of amides is 1. The maximum Gasteiger partial charge on any atom is 0.257 e. The van der Waals surface area contributed by atoms with Crippen molar-refractivity contribution in [3.8, 4) is 0 Å². The van der Waals surface area contributed by atoms with Crippen LogP contribution in [0.5, 0.6) is 0 Å². The Hall–Kier alpha value is -1.13. The first-order valence-corrected chi connectivity index (χ1v) is 7.26. The van der Waals surface area contributed by atoms with Crippen molar-refractivity contribution in [1.29, 1.82) is 0 Å². The van der Waals surface area contributed by atoms with Crippen molar-refractivity contribution in [2.75, 3.05) is 6.54 Å². The summed E-state index contributed by atoms with van der Waals surface area (Å²) in [6.45, 7) is 0.516. The first-order chi connectivity index (χ1) is 9.18. The van der Waals surface area contributed by atoms with E-state index in [1.807, 2.05) is 12.2 Å². The Morgan fingerprint density at radius 3 is 2.68 bits per heavy atom. The van der Waals surface area contributed by atoms with E-state index in [0.717, 1.165) is 6.42 Å². The Morgan fingerprint density at radius 2 is 2.05 bits per heavy atom. The molecule has 2 aliphatic rings. The summed E-state index contributed by atoms with van der Waals surface area (Å²) in [5.74, 6) is 0.284. The Labute approximate surface area is 115 Å². The SMILES string of the molecule is N[C@H](CC1CCCCC1)C(O)C(=O)N1C=CC=CC1. The smallest absolute Gasteiger partial charge is 0.257 e. The maximum atomic E-state index is 12.1. The summed E-state index contributed by atoms with van der Waals surface area (Å²) in [5, 5.41) is 10.1. The molecule has 0 aromatic rings. The second kappa shape index (κ2) is 6.87. The first kappa shape index (κ1) is 14.3. The van der Waals surface area contributed by atoms with Gasteiger partial charge in [-0.3, -0.25) is 4.79 Å². The molecule has 1 saturated carbocycles. The second-order valence-electron chi connectivity index (χ2n) is 5.61. The molecular formula is C15H24N2O2. The van der Waals surface area contributed by atoms with Crippen LogP contribution in [0.25, 0.3) is 0 Å². The van der Waals surface area contributed by atoms with Gasteiger partial charge in [-0.25, -0.2) is 0 Å². The van der Waals surface area contributed by atoms with Crippen LogP contribution < -0.4 is 5.73 Å². The van der Waals surface area contributed by atoms with Gasteiger partial charge in [0.2, 0.25) is 0 Å². The van der Waals surface area contributed by atoms with Crippen LogP contribution in [0.1, 0.15) is 38.5 Å². The summed E-state index contributed by atoms with van der Waals surface area (Å²) in [4.78, 5) is 13.6. The lowest BCUT2D eigenvalue weighted by atomic mass is 9.84. The van der Waals surface area contributed by atoms with Crippen LogP contribution in [0.2, 0.25) is 0 Å². The number of aliphatic hydroxyl groups excluding tert-OH is 1. The van der Waals surface area contributed by atoms with Gasteiger partial charge in [-0.05, 0) is 18.4 Å². The predicted octanol–water partition coefficient (Wildman–Crippen LogP) is 1.56. The van der Waals surface area contributed by atoms with Crippen molar-refractivity contribution < 1.29 is 9.90 Å². The maximum absolute atomic E-state index is 12.1. The highest BCUT2D eigenvalue weighted by Gasteiger charge is 2.29. The molecule has 4 nitrogen and oxygen atoms in total. The molecule has 1 aliphatic carbocycles. The normalized spacial score (nSPS) is 23.4. The number of rotatable bonds is 4. The molecule has 1 fully saturated rings. The van der Waals surface area contributed by atoms with Gasteiger partial charge >= 0.3 is 0 Å². The molecule has 1 unspecified atom stereocenters. The van der Waals surface area contributed by atoms with E-state index >= 15 is 0 Å². The third-order valence-corrected chi connectivity index (χ3v) is 4.09. The minimum atomic E-state index is -1.09. The topological polar surface area (TPSA) is 66.6 Å². The summed E-state index contributed by atoms with van der Waals surface area (Å²) in [6, 6.07) is -0.449. The molecular weight excluding hydrogens is 240 g/mol. The van der Waals surface area contributed by atoms with Crippen molar-refractivity contribution in [2.45, 2.75) is 50.7 Å². The quantitative estimate of drug-likeness (QED) is 0.809. The Bertz CT molecular complexity index is 359. The number of hydrogen-bond donors (Lipinski definition) is 2. The zero-order chi connectivity index (χ0) is 13.7. The molecule has 0 saturated heterocycles. The molecule has 19 heavy (non-hydrogen) atoms. The molecule has 0 radical (unpaired) electrons. The summed E-state index contributed by atoms with van der Waals surface area (Å²) >= 11 is 0. The fourth-order valence-corrected chi connectivity index (χ4v) is 2.92. The minimum absolute atomic E-state index is 0.288. The zero-order valence-corrected chi connectivity index (χ0v) is 11.4. The lowest BCUT2D eigenvalue weighted by Crippen LogP contribution is -2.47. The van der Waals surface area contributed by atoms with Gasteiger partial charge in [0.25, 0.3) is 5.91 Å². The highest BCUT2D eigenvalue weighted by atomic mass is 16.3. The molecule has 2 rings (SSSR count). The summed E-state index contributed by atoms with van der Waals surface area (Å²) in [5.41, 5.74) is 6.02. The lowest BCUT2D eigenvalue weighted by Gasteiger charge is -2.29. The number of nitrogens with two attached hydrogens (primary N) is 1. The number of carbonyl (C=O) groups is 1. The van der Waals surface area contributed by atoms with E-state index in [1.54, 1.807) is 12.3 Å². The highest BCUT2D eigenvalue weighted by Crippen LogP contribution is 2.27. The largest absolute Gasteiger partial charge is 0.382 e. The number of allylic oxidation sites excluding steroid dienone is 2. The average Bonchev–Trinajstić information content (AvgIpc) is 2.47. The van der Waals surface area contributed by atoms with E-state index in [-0.39, 0.29) is 5.91 Å². The first-order valence-electron chi connectivity index (χ1n) is 7.26. The second-order valence-corrected chi connectivity index (χ2v) is 5.61. The lowest BCUT2D eigenvalue weighted by molar-refractivity contribution is -0.138. The highest BCUT2D eigenvalue weighted by molar-refractivity contribution is 5.82. The van der Waals surface area contributed by atoms with Crippen LogP contribution in [0.3, 0.4) is 0 Å². The van der Waals surface area contributed by atoms with Gasteiger partial charge in [-0.15, -0.1) is 0 Å². The standard InChI is InChI=1S/C15H24N2O2/c16-13(11-12-7-3-1-4-8-12)14(18)15(19)17-9-5-2-6-10-17/h2,5-6,9,12-14,18H,1,3-4,7-8,10-11,16H2/t13-,14?/m1/s1. The van der Waals surface area contributed by atoms with E-state index in [4.69, 9.17) is 5.73 Å². The van der Waals surface area contributed by atoms with E-state index < -0.39 is 12.1 Å². The summed E-state index contributed by atoms with van der Waals surface area (Å²) < 4.78 is 0. The van der Waals surface area contributed by atoms with Crippen LogP contribution in [-0.4, -0.2) is 34.6 Å². The Balaban J connectivity index is 1.83. The van der Waals surface area contributed by atoms with Gasteiger partial charge in [0.15, 0.2) is 0 Å². The number of nitrogens with zero attached hydrogens (tertiary/aromatic N) is 1. The van der Waals surface area contributed by atoms with Gasteiger partial charge in [0, 0.05) is 18.8 Å². The van der Waals surface area contributed by atoms with E-state index in [1.165, 1.54) is 37.0 Å². The van der Waals surface area contributed by atoms with Crippen LogP contribution in [0.4, 0.5) is 0 Å². The molecule has 0 aromatic carbocycles. The van der Waals surface area contributed by atoms with Crippen molar-refractivity contribution in [2.24, 2.45) is 11.7 Å². The van der Waals surface area contributed by atoms with Crippen molar-refractivity contribution >= 4 is 5.91 Å². The van der Waals surface area contributed by atoms with Gasteiger partial charge in [0.1, 0.15) is 6.10 Å². The van der Waals surface area contributed by atoms with Crippen LogP contribution in [0, 0.1) is 5.92 Å². The van der Waals surface area contributed by atoms with Crippen molar-refractivity contribution in [3.63, 3.8) is 0 Å². The van der Waals surface area contributed by atoms with E-state index in [2.05, 4.69) is 0 Å². The Kier molecular flexibility index (Phi) is 5.16. The third kappa shape index (κ3) is 3.91. The molecule has 3 N–H and O–H groups in total. The van der Waals surface area contributed by atoms with E-state index in [9.17, 15) is 9.90 Å². The number of carbonyl (C=O) groups excluding carboxylic acids is 1. The van der Waals surface area contributed by atoms with Crippen LogP contribution in [-0.2, 0) is 4.79 Å². The number of hydrogen-bond acceptors (Lipinski definition) is 3. The Morgan fingerprint density at radius 1 is 1.32 bits per heavy atom. The molecule has 4 heteroatoms. The summed E-state index contributed by atoms with van der Waals surface area (Å²) in [6.07, 6.45) is 13.1. The molecule has 1 amide bonds. The van der Waals surface area contributed by atoms with Crippen LogP contribution in [0.15, 0.2) is 24.4 Å². The minimum Gasteiger partial charge on any atom is -0.382 e. The fraction of sp³-hybridized carbons (Fsp3) is 0.667. The predicted molar refractivity (Wildman–Crippen MR) is 75.2 cm³/mol.